The molecule has 0 heterocycles. The topological polar surface area (TPSA) is 81.5 Å². The van der Waals surface area contributed by atoms with Gasteiger partial charge in [0.05, 0.1) is 5.56 Å². The Hall–Kier alpha value is -2.14. The monoisotopic (exact) mass is 357 g/mol. The number of amides is 1. The summed E-state index contributed by atoms with van der Waals surface area (Å²) >= 11 is 3.14. The molecule has 8 heteroatoms. The molecule has 2 saturated carbocycles. The Bertz CT molecular complexity index is 639. The molecule has 2 aliphatic carbocycles. The van der Waals surface area contributed by atoms with E-state index in [4.69, 9.17) is 11.5 Å². The van der Waals surface area contributed by atoms with Gasteiger partial charge in [0.15, 0.2) is 5.96 Å². The number of hydrogen-bond acceptors (Lipinski definition) is 2. The Labute approximate surface area is 143 Å². The summed E-state index contributed by atoms with van der Waals surface area (Å²) in [5.41, 5.74) is 9.64. The molecule has 0 aromatic heterocycles. The minimum absolute atomic E-state index is 0.204. The summed E-state index contributed by atoms with van der Waals surface area (Å²) in [6.45, 7) is 0. The van der Waals surface area contributed by atoms with Crippen LogP contribution in [0.25, 0.3) is 0 Å². The lowest BCUT2D eigenvalue weighted by Gasteiger charge is -2.26. The van der Waals surface area contributed by atoms with Crippen molar-refractivity contribution in [3.63, 3.8) is 0 Å². The Morgan fingerprint density at radius 2 is 1.96 bits per heavy atom. The summed E-state index contributed by atoms with van der Waals surface area (Å²) < 4.78 is 39.3. The first kappa shape index (κ1) is 19.9. The van der Waals surface area contributed by atoms with Crippen molar-refractivity contribution in [3.8, 4) is 12.8 Å². The van der Waals surface area contributed by atoms with Gasteiger partial charge in [0.25, 0.3) is 0 Å². The number of nitrogens with zero attached hydrogens (tertiary/aromatic N) is 1. The number of terminal acetylenes is 1. The third kappa shape index (κ3) is 4.93. The van der Waals surface area contributed by atoms with Crippen LogP contribution in [0.1, 0.15) is 29.9 Å². The highest BCUT2D eigenvalue weighted by atomic mass is 32.1. The maximum absolute atomic E-state index is 13.2. The average Bonchev–Trinajstić information content (AvgIpc) is 3.12. The van der Waals surface area contributed by atoms with E-state index in [1.807, 2.05) is 0 Å². The number of rotatable bonds is 3. The van der Waals surface area contributed by atoms with Gasteiger partial charge in [0.2, 0.25) is 6.41 Å². The van der Waals surface area contributed by atoms with Gasteiger partial charge in [-0.3, -0.25) is 4.79 Å². The number of guanidine groups is 1. The molecule has 130 valence electrons. The quantitative estimate of drug-likeness (QED) is 0.256. The summed E-state index contributed by atoms with van der Waals surface area (Å²) in [7, 11) is 0. The molecule has 0 saturated heterocycles. The number of nitrogens with two attached hydrogens (primary N) is 2. The molecule has 4 N–H and O–H groups in total. The summed E-state index contributed by atoms with van der Waals surface area (Å²) in [5, 5.41) is -3.40. The molecule has 3 unspecified atom stereocenters. The zero-order valence-electron chi connectivity index (χ0n) is 12.7. The van der Waals surface area contributed by atoms with Crippen LogP contribution in [-0.2, 0) is 10.0 Å². The molecule has 0 radical (unpaired) electrons. The molecule has 0 spiro atoms. The third-order valence-electron chi connectivity index (χ3n) is 4.00. The van der Waals surface area contributed by atoms with Crippen molar-refractivity contribution >= 4 is 25.0 Å². The lowest BCUT2D eigenvalue weighted by atomic mass is 9.79. The van der Waals surface area contributed by atoms with E-state index in [1.54, 1.807) is 6.07 Å². The molecule has 0 aliphatic heterocycles. The van der Waals surface area contributed by atoms with Crippen LogP contribution in [0.3, 0.4) is 0 Å². The fraction of sp³-hybridized carbons (Fsp3) is 0.375. The molecule has 24 heavy (non-hydrogen) atoms. The highest BCUT2D eigenvalue weighted by molar-refractivity contribution is 7.81. The van der Waals surface area contributed by atoms with E-state index in [0.29, 0.717) is 11.8 Å². The SMILES string of the molecule is C#C.Fc1ccc(C2CC3CC32)cc1C(F)(F)S.NC(N)=NC=O. The van der Waals surface area contributed by atoms with E-state index >= 15 is 0 Å². The third-order valence-corrected chi connectivity index (χ3v) is 4.24. The van der Waals surface area contributed by atoms with Gasteiger partial charge in [0, 0.05) is 0 Å². The normalized spacial score (nSPS) is 23.0. The lowest BCUT2D eigenvalue weighted by Crippen LogP contribution is -2.22. The first-order valence-electron chi connectivity index (χ1n) is 7.00. The van der Waals surface area contributed by atoms with Gasteiger partial charge in [-0.25, -0.2) is 4.39 Å². The van der Waals surface area contributed by atoms with Gasteiger partial charge in [-0.05, 0) is 48.3 Å². The number of benzene rings is 1. The lowest BCUT2D eigenvalue weighted by molar-refractivity contribution is -0.106. The fourth-order valence-electron chi connectivity index (χ4n) is 2.79. The number of carbonyl (C=O) groups is 1. The van der Waals surface area contributed by atoms with Crippen molar-refractivity contribution in [1.82, 2.24) is 0 Å². The number of fused-ring (bicyclic) bond motifs is 1. The van der Waals surface area contributed by atoms with Crippen LogP contribution in [-0.4, -0.2) is 12.4 Å². The van der Waals surface area contributed by atoms with Crippen LogP contribution in [0.5, 0.6) is 0 Å². The number of carbonyl (C=O) groups excluding carboxylic acids is 1. The Balaban J connectivity index is 0.000000309. The molecule has 4 nitrogen and oxygen atoms in total. The molecule has 3 rings (SSSR count). The fourth-order valence-corrected chi connectivity index (χ4v) is 2.96. The zero-order chi connectivity index (χ0) is 18.5. The average molecular weight is 357 g/mol. The summed E-state index contributed by atoms with van der Waals surface area (Å²) in [4.78, 5) is 12.2. The van der Waals surface area contributed by atoms with Crippen LogP contribution in [0, 0.1) is 30.5 Å². The van der Waals surface area contributed by atoms with E-state index in [2.05, 4.69) is 30.5 Å². The molecule has 2 aliphatic rings. The maximum atomic E-state index is 13.2. The van der Waals surface area contributed by atoms with Gasteiger partial charge in [-0.15, -0.1) is 25.5 Å². The van der Waals surface area contributed by atoms with Crippen molar-refractivity contribution in [3.05, 3.63) is 35.1 Å². The zero-order valence-corrected chi connectivity index (χ0v) is 13.6. The largest absolute Gasteiger partial charge is 0.370 e. The van der Waals surface area contributed by atoms with Crippen molar-refractivity contribution in [2.75, 3.05) is 0 Å². The second-order valence-corrected chi connectivity index (χ2v) is 6.00. The number of halogens is 3. The predicted molar refractivity (Wildman–Crippen MR) is 90.0 cm³/mol. The highest BCUT2D eigenvalue weighted by Crippen LogP contribution is 2.64. The van der Waals surface area contributed by atoms with Gasteiger partial charge < -0.3 is 11.5 Å². The predicted octanol–water partition coefficient (Wildman–Crippen LogP) is 2.59. The van der Waals surface area contributed by atoms with Crippen LogP contribution in [0.2, 0.25) is 0 Å². The first-order valence-corrected chi connectivity index (χ1v) is 7.44. The first-order chi connectivity index (χ1) is 11.2. The summed E-state index contributed by atoms with van der Waals surface area (Å²) in [5.74, 6) is 0.738. The molecule has 1 aromatic rings. The molecule has 0 bridgehead atoms. The van der Waals surface area contributed by atoms with Crippen LogP contribution in [0.4, 0.5) is 13.2 Å². The molecule has 2 fully saturated rings. The molecule has 1 aromatic carbocycles. The van der Waals surface area contributed by atoms with Crippen molar-refractivity contribution in [2.24, 2.45) is 28.3 Å². The number of aliphatic imine (C=N–C) groups is 1. The molecule has 3 atom stereocenters. The Kier molecular flexibility index (Phi) is 6.72. The minimum Gasteiger partial charge on any atom is -0.370 e. The number of thiol groups is 1. The van der Waals surface area contributed by atoms with Gasteiger partial charge in [0.1, 0.15) is 5.82 Å². The highest BCUT2D eigenvalue weighted by Gasteiger charge is 2.53. The van der Waals surface area contributed by atoms with Crippen LogP contribution >= 0.6 is 12.6 Å². The van der Waals surface area contributed by atoms with Crippen LogP contribution in [0.15, 0.2) is 23.2 Å². The van der Waals surface area contributed by atoms with E-state index in [-0.39, 0.29) is 12.4 Å². The smallest absolute Gasteiger partial charge is 0.319 e. The van der Waals surface area contributed by atoms with Crippen molar-refractivity contribution < 1.29 is 18.0 Å². The molecule has 1 amide bonds. The Morgan fingerprint density at radius 1 is 1.33 bits per heavy atom. The van der Waals surface area contributed by atoms with E-state index in [0.717, 1.165) is 24.0 Å². The summed E-state index contributed by atoms with van der Waals surface area (Å²) in [6.07, 6.45) is 10.6. The Morgan fingerprint density at radius 3 is 2.29 bits per heavy atom. The van der Waals surface area contributed by atoms with E-state index in [1.165, 1.54) is 12.5 Å². The number of hydrogen-bond donors (Lipinski definition) is 3. The number of alkyl halides is 2. The molecular weight excluding hydrogens is 339 g/mol. The summed E-state index contributed by atoms with van der Waals surface area (Å²) in [6, 6.07) is 4.03. The minimum atomic E-state index is -3.40. The van der Waals surface area contributed by atoms with Crippen molar-refractivity contribution in [2.45, 2.75) is 24.0 Å². The van der Waals surface area contributed by atoms with Gasteiger partial charge >= 0.3 is 5.25 Å². The molecular formula is C16H18F3N3OS. The van der Waals surface area contributed by atoms with Crippen molar-refractivity contribution in [1.29, 1.82) is 0 Å². The van der Waals surface area contributed by atoms with Gasteiger partial charge in [-0.2, -0.15) is 13.8 Å². The second-order valence-electron chi connectivity index (χ2n) is 5.44. The second kappa shape index (κ2) is 8.11. The van der Waals surface area contributed by atoms with Crippen LogP contribution < -0.4 is 11.5 Å². The maximum Gasteiger partial charge on any atom is 0.319 e. The van der Waals surface area contributed by atoms with Gasteiger partial charge in [-0.1, -0.05) is 6.07 Å². The van der Waals surface area contributed by atoms with E-state index in [9.17, 15) is 18.0 Å². The standard InChI is InChI=1S/C12H11F3S.C2H5N3O.C2H2/c13-11-2-1-6(5-10(11)12(14,15)16)8-3-7-4-9(7)8;3-2(4)5-1-6;1-2/h1-2,5,7-9,16H,3-4H2;1H,(H4,3,4,5,6);1-2H. The van der Waals surface area contributed by atoms with E-state index < -0.39 is 16.6 Å².